The molecule has 0 amide bonds. The molecular weight excluding hydrogens is 298 g/mol. The largest absolute Gasteiger partial charge is 0.374 e. The molecule has 0 aliphatic carbocycles. The minimum absolute atomic E-state index is 0.00801. The van der Waals surface area contributed by atoms with E-state index in [1.54, 1.807) is 18.2 Å². The highest BCUT2D eigenvalue weighted by Gasteiger charge is 2.20. The molecule has 0 saturated carbocycles. The van der Waals surface area contributed by atoms with Crippen molar-refractivity contribution in [3.8, 4) is 6.07 Å². The third-order valence-corrected chi connectivity index (χ3v) is 5.20. The van der Waals surface area contributed by atoms with Crippen LogP contribution in [0.15, 0.2) is 47.4 Å². The van der Waals surface area contributed by atoms with Crippen LogP contribution in [0.2, 0.25) is 0 Å². The van der Waals surface area contributed by atoms with E-state index in [1.807, 2.05) is 25.2 Å². The molecule has 3 rings (SSSR count). The number of benzene rings is 2. The van der Waals surface area contributed by atoms with Gasteiger partial charge in [0.05, 0.1) is 11.3 Å². The zero-order valence-electron chi connectivity index (χ0n) is 12.1. The van der Waals surface area contributed by atoms with Crippen molar-refractivity contribution in [3.05, 3.63) is 53.6 Å². The van der Waals surface area contributed by atoms with Gasteiger partial charge in [-0.1, -0.05) is 18.2 Å². The molecule has 1 heterocycles. The maximum atomic E-state index is 12.5. The van der Waals surface area contributed by atoms with E-state index >= 15 is 0 Å². The van der Waals surface area contributed by atoms with E-state index in [-0.39, 0.29) is 10.5 Å². The lowest BCUT2D eigenvalue weighted by molar-refractivity contribution is 0.601. The molecule has 112 valence electrons. The third kappa shape index (κ3) is 2.51. The van der Waals surface area contributed by atoms with Gasteiger partial charge in [0, 0.05) is 19.3 Å². The SMILES string of the molecule is CN1CCc2ccc(NS(=O)(=O)c3ccccc3C#N)cc21. The Hall–Kier alpha value is -2.52. The van der Waals surface area contributed by atoms with Crippen LogP contribution in [-0.2, 0) is 16.4 Å². The van der Waals surface area contributed by atoms with Gasteiger partial charge in [-0.2, -0.15) is 5.26 Å². The summed E-state index contributed by atoms with van der Waals surface area (Å²) in [5, 5.41) is 9.06. The highest BCUT2D eigenvalue weighted by Crippen LogP contribution is 2.30. The van der Waals surface area contributed by atoms with E-state index in [4.69, 9.17) is 5.26 Å². The third-order valence-electron chi connectivity index (χ3n) is 3.76. The van der Waals surface area contributed by atoms with Crippen LogP contribution in [-0.4, -0.2) is 22.0 Å². The smallest absolute Gasteiger partial charge is 0.263 e. The molecule has 0 atom stereocenters. The van der Waals surface area contributed by atoms with Gasteiger partial charge in [0.2, 0.25) is 0 Å². The fourth-order valence-electron chi connectivity index (χ4n) is 2.61. The molecule has 0 aromatic heterocycles. The first-order valence-electron chi connectivity index (χ1n) is 6.87. The number of anilines is 2. The molecule has 0 fully saturated rings. The van der Waals surface area contributed by atoms with Crippen LogP contribution in [0.1, 0.15) is 11.1 Å². The highest BCUT2D eigenvalue weighted by atomic mass is 32.2. The molecule has 22 heavy (non-hydrogen) atoms. The lowest BCUT2D eigenvalue weighted by Crippen LogP contribution is -2.15. The summed E-state index contributed by atoms with van der Waals surface area (Å²) in [5.74, 6) is 0. The molecule has 1 aliphatic rings. The summed E-state index contributed by atoms with van der Waals surface area (Å²) in [7, 11) is -1.80. The Labute approximate surface area is 129 Å². The molecule has 2 aromatic rings. The first kappa shape index (κ1) is 14.4. The molecule has 6 heteroatoms. The van der Waals surface area contributed by atoms with Crippen molar-refractivity contribution in [2.45, 2.75) is 11.3 Å². The molecule has 1 aliphatic heterocycles. The van der Waals surface area contributed by atoms with Crippen LogP contribution in [0, 0.1) is 11.3 Å². The van der Waals surface area contributed by atoms with E-state index in [1.165, 1.54) is 17.7 Å². The van der Waals surface area contributed by atoms with Crippen LogP contribution >= 0.6 is 0 Å². The van der Waals surface area contributed by atoms with Gasteiger partial charge < -0.3 is 4.90 Å². The van der Waals surface area contributed by atoms with Gasteiger partial charge in [0.25, 0.3) is 10.0 Å². The Morgan fingerprint density at radius 2 is 2.00 bits per heavy atom. The maximum Gasteiger partial charge on any atom is 0.263 e. The summed E-state index contributed by atoms with van der Waals surface area (Å²) in [6.45, 7) is 0.933. The average Bonchev–Trinajstić information content (AvgIpc) is 2.88. The van der Waals surface area contributed by atoms with Gasteiger partial charge in [0.1, 0.15) is 11.0 Å². The number of sulfonamides is 1. The number of hydrogen-bond acceptors (Lipinski definition) is 4. The Bertz CT molecular complexity index is 869. The first-order valence-corrected chi connectivity index (χ1v) is 8.35. The number of nitriles is 1. The molecule has 0 unspecified atom stereocenters. The Balaban J connectivity index is 1.96. The van der Waals surface area contributed by atoms with Crippen LogP contribution in [0.5, 0.6) is 0 Å². The monoisotopic (exact) mass is 313 g/mol. The van der Waals surface area contributed by atoms with Crippen LogP contribution in [0.3, 0.4) is 0 Å². The Morgan fingerprint density at radius 3 is 2.77 bits per heavy atom. The minimum Gasteiger partial charge on any atom is -0.374 e. The number of rotatable bonds is 3. The number of nitrogens with zero attached hydrogens (tertiary/aromatic N) is 2. The summed E-state index contributed by atoms with van der Waals surface area (Å²) in [6.07, 6.45) is 0.968. The summed E-state index contributed by atoms with van der Waals surface area (Å²) in [5.41, 5.74) is 2.88. The zero-order valence-corrected chi connectivity index (χ0v) is 12.9. The van der Waals surface area contributed by atoms with Gasteiger partial charge >= 0.3 is 0 Å². The van der Waals surface area contributed by atoms with Crippen LogP contribution in [0.25, 0.3) is 0 Å². The fourth-order valence-corrected chi connectivity index (χ4v) is 3.81. The van der Waals surface area contributed by atoms with Gasteiger partial charge in [-0.3, -0.25) is 4.72 Å². The van der Waals surface area contributed by atoms with Crippen molar-refractivity contribution >= 4 is 21.4 Å². The van der Waals surface area contributed by atoms with Crippen molar-refractivity contribution < 1.29 is 8.42 Å². The van der Waals surface area contributed by atoms with Crippen LogP contribution in [0.4, 0.5) is 11.4 Å². The zero-order chi connectivity index (χ0) is 15.7. The Kier molecular flexibility index (Phi) is 3.51. The summed E-state index contributed by atoms with van der Waals surface area (Å²) < 4.78 is 27.5. The lowest BCUT2D eigenvalue weighted by Gasteiger charge is -2.14. The molecule has 0 spiro atoms. The van der Waals surface area contributed by atoms with Crippen molar-refractivity contribution in [3.63, 3.8) is 0 Å². The standard InChI is InChI=1S/C16H15N3O2S/c1-19-9-8-12-6-7-14(10-15(12)19)18-22(20,21)16-5-3-2-4-13(16)11-17/h2-7,10,18H,8-9H2,1H3. The topological polar surface area (TPSA) is 73.2 Å². The summed E-state index contributed by atoms with van der Waals surface area (Å²) in [4.78, 5) is 2.09. The van der Waals surface area contributed by atoms with Crippen molar-refractivity contribution in [1.29, 1.82) is 5.26 Å². The number of likely N-dealkylation sites (N-methyl/N-ethyl adjacent to an activating group) is 1. The molecule has 5 nitrogen and oxygen atoms in total. The van der Waals surface area contributed by atoms with E-state index < -0.39 is 10.0 Å². The predicted molar refractivity (Wildman–Crippen MR) is 85.4 cm³/mol. The summed E-state index contributed by atoms with van der Waals surface area (Å²) >= 11 is 0. The fraction of sp³-hybridized carbons (Fsp3) is 0.188. The molecule has 1 N–H and O–H groups in total. The number of hydrogen-bond donors (Lipinski definition) is 1. The predicted octanol–water partition coefficient (Wildman–Crippen LogP) is 2.35. The maximum absolute atomic E-state index is 12.5. The molecular formula is C16H15N3O2S. The number of fused-ring (bicyclic) bond motifs is 1. The lowest BCUT2D eigenvalue weighted by atomic mass is 10.1. The normalized spacial score (nSPS) is 13.5. The van der Waals surface area contributed by atoms with E-state index in [2.05, 4.69) is 9.62 Å². The molecule has 0 bridgehead atoms. The van der Waals surface area contributed by atoms with Gasteiger partial charge in [-0.05, 0) is 36.2 Å². The second-order valence-corrected chi connectivity index (χ2v) is 6.88. The molecule has 0 radical (unpaired) electrons. The second kappa shape index (κ2) is 5.35. The average molecular weight is 313 g/mol. The molecule has 0 saturated heterocycles. The Morgan fingerprint density at radius 1 is 1.23 bits per heavy atom. The van der Waals surface area contributed by atoms with Gasteiger partial charge in [0.15, 0.2) is 0 Å². The van der Waals surface area contributed by atoms with Crippen molar-refractivity contribution in [2.24, 2.45) is 0 Å². The van der Waals surface area contributed by atoms with Crippen molar-refractivity contribution in [2.75, 3.05) is 23.2 Å². The number of nitrogens with one attached hydrogen (secondary N) is 1. The van der Waals surface area contributed by atoms with E-state index in [0.29, 0.717) is 5.69 Å². The van der Waals surface area contributed by atoms with Gasteiger partial charge in [-0.15, -0.1) is 0 Å². The van der Waals surface area contributed by atoms with Crippen molar-refractivity contribution in [1.82, 2.24) is 0 Å². The minimum atomic E-state index is -3.78. The second-order valence-electron chi connectivity index (χ2n) is 5.23. The summed E-state index contributed by atoms with van der Waals surface area (Å²) in [6, 6.07) is 13.6. The molecule has 2 aromatic carbocycles. The first-order chi connectivity index (χ1) is 10.5. The van der Waals surface area contributed by atoms with E-state index in [0.717, 1.165) is 18.7 Å². The van der Waals surface area contributed by atoms with Crippen LogP contribution < -0.4 is 9.62 Å². The van der Waals surface area contributed by atoms with E-state index in [9.17, 15) is 8.42 Å². The quantitative estimate of drug-likeness (QED) is 0.944. The van der Waals surface area contributed by atoms with Gasteiger partial charge in [-0.25, -0.2) is 8.42 Å². The highest BCUT2D eigenvalue weighted by molar-refractivity contribution is 7.92.